The Hall–Kier alpha value is -5.92. The lowest BCUT2D eigenvalue weighted by atomic mass is 9.86. The smallest absolute Gasteiger partial charge is 0.136 e. The van der Waals surface area contributed by atoms with Gasteiger partial charge >= 0.3 is 0 Å². The SMILES string of the molecule is [2H]c1c([2H])c([2H])c(-c2cccc3oc4cccc(-c5ccc6ccc7c(-c8ccc9ccccc9c8)ccc8ccc5c6c87)c4c23)c([2H])c1[2H]. The minimum Gasteiger partial charge on any atom is -0.456 e. The molecular formula is C44H26O. The molecule has 0 unspecified atom stereocenters. The van der Waals surface area contributed by atoms with Crippen LogP contribution in [0.3, 0.4) is 0 Å². The summed E-state index contributed by atoms with van der Waals surface area (Å²) in [5.41, 5.74) is 6.32. The van der Waals surface area contributed by atoms with Crippen LogP contribution in [0.25, 0.3) is 98.4 Å². The van der Waals surface area contributed by atoms with E-state index < -0.39 is 6.04 Å². The summed E-state index contributed by atoms with van der Waals surface area (Å²) in [6.45, 7) is 0. The van der Waals surface area contributed by atoms with Crippen LogP contribution < -0.4 is 0 Å². The summed E-state index contributed by atoms with van der Waals surface area (Å²) in [7, 11) is 0. The monoisotopic (exact) mass is 575 g/mol. The molecule has 0 saturated carbocycles. The van der Waals surface area contributed by atoms with E-state index in [1.165, 1.54) is 43.4 Å². The van der Waals surface area contributed by atoms with Crippen molar-refractivity contribution in [2.75, 3.05) is 0 Å². The van der Waals surface area contributed by atoms with Crippen LogP contribution in [-0.2, 0) is 0 Å². The van der Waals surface area contributed by atoms with Crippen molar-refractivity contribution in [3.8, 4) is 33.4 Å². The van der Waals surface area contributed by atoms with Gasteiger partial charge in [-0.1, -0.05) is 139 Å². The van der Waals surface area contributed by atoms with Crippen molar-refractivity contribution < 1.29 is 11.3 Å². The molecule has 1 heterocycles. The minimum atomic E-state index is -0.411. The first-order valence-corrected chi connectivity index (χ1v) is 15.1. The van der Waals surface area contributed by atoms with Crippen molar-refractivity contribution in [1.29, 1.82) is 0 Å². The number of fused-ring (bicyclic) bond motifs is 4. The fourth-order valence-electron chi connectivity index (χ4n) is 7.33. The maximum Gasteiger partial charge on any atom is 0.136 e. The summed E-state index contributed by atoms with van der Waals surface area (Å²) in [6.07, 6.45) is 0. The molecule has 0 radical (unpaired) electrons. The Balaban J connectivity index is 1.27. The Labute approximate surface area is 266 Å². The lowest BCUT2D eigenvalue weighted by Gasteiger charge is -2.17. The number of benzene rings is 9. The molecule has 0 spiro atoms. The van der Waals surface area contributed by atoms with E-state index in [9.17, 15) is 0 Å². The largest absolute Gasteiger partial charge is 0.456 e. The van der Waals surface area contributed by atoms with Crippen molar-refractivity contribution in [1.82, 2.24) is 0 Å². The molecular weight excluding hydrogens is 544 g/mol. The number of hydrogen-bond donors (Lipinski definition) is 0. The van der Waals surface area contributed by atoms with E-state index in [4.69, 9.17) is 11.3 Å². The van der Waals surface area contributed by atoms with Crippen LogP contribution in [-0.4, -0.2) is 0 Å². The minimum absolute atomic E-state index is 0.163. The molecule has 10 rings (SSSR count). The van der Waals surface area contributed by atoms with Gasteiger partial charge in [-0.15, -0.1) is 0 Å². The van der Waals surface area contributed by atoms with Gasteiger partial charge in [0.1, 0.15) is 11.2 Å². The predicted octanol–water partition coefficient (Wildman–Crippen LogP) is 12.6. The van der Waals surface area contributed by atoms with E-state index in [0.717, 1.165) is 32.7 Å². The molecule has 208 valence electrons. The van der Waals surface area contributed by atoms with E-state index >= 15 is 0 Å². The highest BCUT2D eigenvalue weighted by Crippen LogP contribution is 2.46. The molecule has 0 fully saturated rings. The molecule has 0 aliphatic heterocycles. The Bertz CT molecular complexity index is 3020. The van der Waals surface area contributed by atoms with Gasteiger partial charge in [0.05, 0.1) is 6.85 Å². The molecule has 0 aliphatic rings. The second-order valence-corrected chi connectivity index (χ2v) is 11.7. The number of rotatable bonds is 3. The first kappa shape index (κ1) is 20.1. The Kier molecular flexibility index (Phi) is 4.15. The van der Waals surface area contributed by atoms with Crippen LogP contribution >= 0.6 is 0 Å². The van der Waals surface area contributed by atoms with Gasteiger partial charge < -0.3 is 4.42 Å². The van der Waals surface area contributed by atoms with E-state index in [-0.39, 0.29) is 29.7 Å². The van der Waals surface area contributed by atoms with Crippen LogP contribution in [0.2, 0.25) is 0 Å². The number of furan rings is 1. The average molecular weight is 576 g/mol. The molecule has 10 aromatic rings. The predicted molar refractivity (Wildman–Crippen MR) is 191 cm³/mol. The zero-order valence-electron chi connectivity index (χ0n) is 29.0. The maximum atomic E-state index is 8.77. The first-order chi connectivity index (χ1) is 24.4. The summed E-state index contributed by atoms with van der Waals surface area (Å²) in [5.74, 6) is 0. The van der Waals surface area contributed by atoms with Gasteiger partial charge in [0.2, 0.25) is 0 Å². The summed E-state index contributed by atoms with van der Waals surface area (Å²) in [4.78, 5) is 0. The Morgan fingerprint density at radius 3 is 1.73 bits per heavy atom. The molecule has 0 aliphatic carbocycles. The van der Waals surface area contributed by atoms with Gasteiger partial charge in [-0.2, -0.15) is 0 Å². The number of hydrogen-bond acceptors (Lipinski definition) is 1. The lowest BCUT2D eigenvalue weighted by molar-refractivity contribution is 0.669. The van der Waals surface area contributed by atoms with Gasteiger partial charge in [0, 0.05) is 10.8 Å². The Morgan fingerprint density at radius 1 is 0.378 bits per heavy atom. The van der Waals surface area contributed by atoms with Crippen molar-refractivity contribution in [3.63, 3.8) is 0 Å². The van der Waals surface area contributed by atoms with Crippen LogP contribution in [0.5, 0.6) is 0 Å². The van der Waals surface area contributed by atoms with Crippen LogP contribution in [0.1, 0.15) is 6.85 Å². The zero-order valence-corrected chi connectivity index (χ0v) is 24.0. The van der Waals surface area contributed by atoms with Gasteiger partial charge in [-0.3, -0.25) is 0 Å². The third-order valence-electron chi connectivity index (χ3n) is 9.31. The Morgan fingerprint density at radius 2 is 0.978 bits per heavy atom. The van der Waals surface area contributed by atoms with Gasteiger partial charge in [-0.05, 0) is 94.7 Å². The molecule has 45 heavy (non-hydrogen) atoms. The molecule has 0 bridgehead atoms. The molecule has 0 atom stereocenters. The van der Waals surface area contributed by atoms with E-state index in [0.29, 0.717) is 16.7 Å². The van der Waals surface area contributed by atoms with E-state index in [1.807, 2.05) is 30.3 Å². The van der Waals surface area contributed by atoms with E-state index in [2.05, 4.69) is 97.1 Å². The molecule has 1 nitrogen and oxygen atoms in total. The second kappa shape index (κ2) is 9.29. The normalized spacial score (nSPS) is 13.6. The van der Waals surface area contributed by atoms with Gasteiger partial charge in [-0.25, -0.2) is 0 Å². The van der Waals surface area contributed by atoms with Crippen LogP contribution in [0.4, 0.5) is 0 Å². The van der Waals surface area contributed by atoms with Crippen molar-refractivity contribution in [3.05, 3.63) is 158 Å². The van der Waals surface area contributed by atoms with Gasteiger partial charge in [0.15, 0.2) is 0 Å². The molecule has 0 amide bonds. The van der Waals surface area contributed by atoms with Crippen LogP contribution in [0, 0.1) is 0 Å². The molecule has 9 aromatic carbocycles. The van der Waals surface area contributed by atoms with Crippen LogP contribution in [0.15, 0.2) is 162 Å². The highest BCUT2D eigenvalue weighted by molar-refractivity contribution is 6.29. The molecule has 1 aromatic heterocycles. The summed E-state index contributed by atoms with van der Waals surface area (Å²) in [6, 6.07) is 42.6. The second-order valence-electron chi connectivity index (χ2n) is 11.7. The third-order valence-corrected chi connectivity index (χ3v) is 9.31. The molecule has 0 N–H and O–H groups in total. The van der Waals surface area contributed by atoms with Crippen molar-refractivity contribution >= 4 is 65.0 Å². The fraction of sp³-hybridized carbons (Fsp3) is 0. The zero-order chi connectivity index (χ0) is 33.8. The molecule has 1 heteroatoms. The standard InChI is InChI=1S/C44H26O/c1-2-9-28(10-3-1)34-12-6-14-39-43(34)44-36(13-7-15-40(44)45-39)35-23-19-30-20-24-37-33(22-18-29-21-25-38(35)42(30)41(29)37)32-17-16-27-8-4-5-11-31(27)26-32/h1-26H/i1D,2D,3D,9D,10D. The average Bonchev–Trinajstić information content (AvgIpc) is 3.55. The van der Waals surface area contributed by atoms with Crippen molar-refractivity contribution in [2.45, 2.75) is 0 Å². The van der Waals surface area contributed by atoms with Crippen molar-refractivity contribution in [2.24, 2.45) is 0 Å². The summed E-state index contributed by atoms with van der Waals surface area (Å²) < 4.78 is 48.8. The summed E-state index contributed by atoms with van der Waals surface area (Å²) in [5, 5.41) is 11.0. The third kappa shape index (κ3) is 3.56. The fourth-order valence-corrected chi connectivity index (χ4v) is 7.33. The maximum absolute atomic E-state index is 8.77. The topological polar surface area (TPSA) is 13.1 Å². The highest BCUT2D eigenvalue weighted by Gasteiger charge is 2.20. The lowest BCUT2D eigenvalue weighted by Crippen LogP contribution is -1.90. The first-order valence-electron chi connectivity index (χ1n) is 17.6. The van der Waals surface area contributed by atoms with E-state index in [1.54, 1.807) is 0 Å². The quantitative estimate of drug-likeness (QED) is 0.191. The summed E-state index contributed by atoms with van der Waals surface area (Å²) >= 11 is 0. The van der Waals surface area contributed by atoms with Gasteiger partial charge in [0.25, 0.3) is 0 Å². The molecule has 0 saturated heterocycles. The highest BCUT2D eigenvalue weighted by atomic mass is 16.3.